The number of carbonyl (C=O) groups excluding carboxylic acids is 1. The van der Waals surface area contributed by atoms with Crippen molar-refractivity contribution in [2.45, 2.75) is 20.3 Å². The Morgan fingerprint density at radius 1 is 1.08 bits per heavy atom. The third-order valence-corrected chi connectivity index (χ3v) is 6.91. The monoisotopic (exact) mass is 499 g/mol. The summed E-state index contributed by atoms with van der Waals surface area (Å²) < 4.78 is 8.71. The molecule has 5 aromatic rings. The average molecular weight is 500 g/mol. The van der Waals surface area contributed by atoms with Crippen LogP contribution in [-0.2, 0) is 18.3 Å². The number of aromatic nitrogens is 4. The first-order valence-electron chi connectivity index (χ1n) is 11.4. The van der Waals surface area contributed by atoms with Crippen LogP contribution in [0.2, 0.25) is 0 Å². The first kappa shape index (κ1) is 23.5. The molecule has 0 saturated carbocycles. The van der Waals surface area contributed by atoms with Gasteiger partial charge in [-0.05, 0) is 50.2 Å². The number of thiazole rings is 1. The van der Waals surface area contributed by atoms with Crippen molar-refractivity contribution in [3.63, 3.8) is 0 Å². The number of aryl methyl sites for hydroxylation is 2. The molecule has 8 nitrogen and oxygen atoms in total. The normalized spacial score (nSPS) is 11.1. The highest BCUT2D eigenvalue weighted by Gasteiger charge is 2.17. The van der Waals surface area contributed by atoms with E-state index >= 15 is 0 Å². The average Bonchev–Trinajstić information content (AvgIpc) is 3.45. The number of carbonyl (C=O) groups is 1. The fraction of sp³-hybridized carbons (Fsp3) is 0.185. The molecule has 0 saturated heterocycles. The van der Waals surface area contributed by atoms with Crippen LogP contribution < -0.4 is 15.6 Å². The van der Waals surface area contributed by atoms with Gasteiger partial charge >= 0.3 is 0 Å². The summed E-state index contributed by atoms with van der Waals surface area (Å²) in [6, 6.07) is 17.2. The van der Waals surface area contributed by atoms with Crippen molar-refractivity contribution >= 4 is 33.1 Å². The molecule has 36 heavy (non-hydrogen) atoms. The Bertz CT molecular complexity index is 1650. The number of benzene rings is 2. The van der Waals surface area contributed by atoms with Crippen molar-refractivity contribution in [2.24, 2.45) is 7.05 Å². The first-order chi connectivity index (χ1) is 17.4. The lowest BCUT2D eigenvalue weighted by Gasteiger charge is -2.10. The summed E-state index contributed by atoms with van der Waals surface area (Å²) in [6.07, 6.45) is 0.0372. The van der Waals surface area contributed by atoms with Crippen molar-refractivity contribution in [1.82, 2.24) is 19.3 Å². The standard InChI is InChI=1S/C27H25N5O3S/c1-16-13-22(17(2)32(16)18-9-11-19(35-4)12-10-18)24-15-36-27(28-24)29-25(33)14-23-20-7-5-6-8-21(20)26(34)31(3)30-23/h5-13,15H,14H2,1-4H3,(H,28,29,33). The fourth-order valence-electron chi connectivity index (χ4n) is 4.43. The molecule has 5 rings (SSSR count). The van der Waals surface area contributed by atoms with Gasteiger partial charge in [-0.15, -0.1) is 11.3 Å². The molecule has 0 aliphatic carbocycles. The summed E-state index contributed by atoms with van der Waals surface area (Å²) in [5.74, 6) is 0.568. The zero-order valence-corrected chi connectivity index (χ0v) is 21.2. The Balaban J connectivity index is 1.37. The largest absolute Gasteiger partial charge is 0.497 e. The van der Waals surface area contributed by atoms with E-state index in [2.05, 4.69) is 39.9 Å². The van der Waals surface area contributed by atoms with Crippen molar-refractivity contribution in [3.8, 4) is 22.7 Å². The van der Waals surface area contributed by atoms with Gasteiger partial charge in [0.15, 0.2) is 5.13 Å². The van der Waals surface area contributed by atoms with Crippen LogP contribution in [0.25, 0.3) is 27.7 Å². The van der Waals surface area contributed by atoms with E-state index in [0.29, 0.717) is 21.6 Å². The summed E-state index contributed by atoms with van der Waals surface area (Å²) in [5, 5.41) is 10.9. The Kier molecular flexibility index (Phi) is 6.15. The zero-order chi connectivity index (χ0) is 25.4. The van der Waals surface area contributed by atoms with Crippen molar-refractivity contribution in [3.05, 3.63) is 87.4 Å². The molecule has 0 radical (unpaired) electrons. The van der Waals surface area contributed by atoms with E-state index in [1.807, 2.05) is 41.8 Å². The maximum absolute atomic E-state index is 12.8. The number of hydrogen-bond donors (Lipinski definition) is 1. The minimum absolute atomic E-state index is 0.0372. The number of nitrogens with zero attached hydrogens (tertiary/aromatic N) is 4. The molecule has 0 aliphatic rings. The number of ether oxygens (including phenoxy) is 1. The van der Waals surface area contributed by atoms with Gasteiger partial charge in [-0.3, -0.25) is 9.59 Å². The number of rotatable bonds is 6. The van der Waals surface area contributed by atoms with Gasteiger partial charge in [0.2, 0.25) is 5.91 Å². The van der Waals surface area contributed by atoms with E-state index < -0.39 is 0 Å². The second-order valence-electron chi connectivity index (χ2n) is 8.50. The third kappa shape index (κ3) is 4.29. The van der Waals surface area contributed by atoms with Gasteiger partial charge in [0.25, 0.3) is 5.56 Å². The molecule has 0 aliphatic heterocycles. The van der Waals surface area contributed by atoms with E-state index in [1.165, 1.54) is 16.0 Å². The van der Waals surface area contributed by atoms with Crippen LogP contribution in [-0.4, -0.2) is 32.3 Å². The molecule has 182 valence electrons. The number of anilines is 1. The molecule has 2 aromatic carbocycles. The third-order valence-electron chi connectivity index (χ3n) is 6.15. The molecule has 0 unspecified atom stereocenters. The van der Waals surface area contributed by atoms with E-state index in [-0.39, 0.29) is 17.9 Å². The molecule has 0 bridgehead atoms. The second kappa shape index (κ2) is 9.43. The lowest BCUT2D eigenvalue weighted by molar-refractivity contribution is -0.115. The Morgan fingerprint density at radius 2 is 1.81 bits per heavy atom. The molecule has 0 spiro atoms. The highest BCUT2D eigenvalue weighted by Crippen LogP contribution is 2.32. The maximum Gasteiger partial charge on any atom is 0.274 e. The van der Waals surface area contributed by atoms with Crippen LogP contribution >= 0.6 is 11.3 Å². The number of amides is 1. The van der Waals surface area contributed by atoms with Crippen LogP contribution in [0.5, 0.6) is 5.75 Å². The topological polar surface area (TPSA) is 91.0 Å². The number of nitrogens with one attached hydrogen (secondary N) is 1. The lowest BCUT2D eigenvalue weighted by Crippen LogP contribution is -2.24. The zero-order valence-electron chi connectivity index (χ0n) is 20.4. The quantitative estimate of drug-likeness (QED) is 0.367. The summed E-state index contributed by atoms with van der Waals surface area (Å²) >= 11 is 1.37. The maximum atomic E-state index is 12.8. The van der Waals surface area contributed by atoms with Gasteiger partial charge < -0.3 is 14.6 Å². The number of hydrogen-bond acceptors (Lipinski definition) is 6. The van der Waals surface area contributed by atoms with Gasteiger partial charge in [-0.2, -0.15) is 5.10 Å². The Hall–Kier alpha value is -4.24. The van der Waals surface area contributed by atoms with E-state index in [9.17, 15) is 9.59 Å². The SMILES string of the molecule is COc1ccc(-n2c(C)cc(-c3csc(NC(=O)Cc4nn(C)c(=O)c5ccccc45)n3)c2C)cc1. The summed E-state index contributed by atoms with van der Waals surface area (Å²) in [4.78, 5) is 29.9. The predicted octanol–water partition coefficient (Wildman–Crippen LogP) is 4.65. The summed E-state index contributed by atoms with van der Waals surface area (Å²) in [6.45, 7) is 4.11. The molecule has 3 aromatic heterocycles. The highest BCUT2D eigenvalue weighted by molar-refractivity contribution is 7.14. The van der Waals surface area contributed by atoms with Gasteiger partial charge in [-0.25, -0.2) is 9.67 Å². The molecular formula is C27H25N5O3S. The fourth-order valence-corrected chi connectivity index (χ4v) is 5.15. The van der Waals surface area contributed by atoms with Crippen molar-refractivity contribution < 1.29 is 9.53 Å². The van der Waals surface area contributed by atoms with Gasteiger partial charge in [0.1, 0.15) is 5.75 Å². The summed E-state index contributed by atoms with van der Waals surface area (Å²) in [5.41, 5.74) is 5.34. The van der Waals surface area contributed by atoms with Crippen molar-refractivity contribution in [2.75, 3.05) is 12.4 Å². The first-order valence-corrected chi connectivity index (χ1v) is 12.3. The molecular weight excluding hydrogens is 474 g/mol. The van der Waals surface area contributed by atoms with Gasteiger partial charge in [0, 0.05) is 40.5 Å². The van der Waals surface area contributed by atoms with Gasteiger partial charge in [0.05, 0.1) is 30.3 Å². The summed E-state index contributed by atoms with van der Waals surface area (Å²) in [7, 11) is 3.24. The Labute approximate surface area is 211 Å². The highest BCUT2D eigenvalue weighted by atomic mass is 32.1. The van der Waals surface area contributed by atoms with Crippen LogP contribution in [0.3, 0.4) is 0 Å². The van der Waals surface area contributed by atoms with Crippen LogP contribution in [0, 0.1) is 13.8 Å². The smallest absolute Gasteiger partial charge is 0.274 e. The second-order valence-corrected chi connectivity index (χ2v) is 9.36. The van der Waals surface area contributed by atoms with E-state index in [0.717, 1.165) is 34.1 Å². The molecule has 9 heteroatoms. The molecule has 1 amide bonds. The van der Waals surface area contributed by atoms with Gasteiger partial charge in [-0.1, -0.05) is 18.2 Å². The molecule has 3 heterocycles. The molecule has 1 N–H and O–H groups in total. The van der Waals surface area contributed by atoms with Crippen LogP contribution in [0.15, 0.2) is 64.8 Å². The molecule has 0 atom stereocenters. The Morgan fingerprint density at radius 3 is 2.53 bits per heavy atom. The van der Waals surface area contributed by atoms with Crippen LogP contribution in [0.4, 0.5) is 5.13 Å². The lowest BCUT2D eigenvalue weighted by atomic mass is 10.1. The molecule has 0 fully saturated rings. The van der Waals surface area contributed by atoms with E-state index in [1.54, 1.807) is 26.3 Å². The van der Waals surface area contributed by atoms with Crippen molar-refractivity contribution in [1.29, 1.82) is 0 Å². The minimum atomic E-state index is -0.240. The minimum Gasteiger partial charge on any atom is -0.497 e. The number of methoxy groups -OCH3 is 1. The van der Waals surface area contributed by atoms with E-state index in [4.69, 9.17) is 4.74 Å². The number of fused-ring (bicyclic) bond motifs is 1. The predicted molar refractivity (Wildman–Crippen MR) is 142 cm³/mol. The van der Waals surface area contributed by atoms with Crippen LogP contribution in [0.1, 0.15) is 17.1 Å².